The Morgan fingerprint density at radius 1 is 1.12 bits per heavy atom. The predicted molar refractivity (Wildman–Crippen MR) is 92.6 cm³/mol. The van der Waals surface area contributed by atoms with Crippen LogP contribution in [0.2, 0.25) is 10.0 Å². The highest BCUT2D eigenvalue weighted by Gasteiger charge is 2.19. The molecule has 0 unspecified atom stereocenters. The maximum Gasteiger partial charge on any atom is 0.321 e. The molecule has 0 aliphatic rings. The van der Waals surface area contributed by atoms with Gasteiger partial charge in [-0.25, -0.2) is 8.42 Å². The molecule has 0 aromatic heterocycles. The second-order valence-electron chi connectivity index (χ2n) is 4.79. The van der Waals surface area contributed by atoms with Crippen molar-refractivity contribution >= 4 is 39.2 Å². The number of nitrogens with one attached hydrogen (secondary N) is 1. The van der Waals surface area contributed by atoms with Gasteiger partial charge in [0.05, 0.1) is 10.5 Å². The van der Waals surface area contributed by atoms with E-state index < -0.39 is 22.5 Å². The Bertz CT molecular complexity index is 919. The Kier molecular flexibility index (Phi) is 6.39. The molecule has 6 nitrogen and oxygen atoms in total. The largest absolute Gasteiger partial charge is 0.460 e. The summed E-state index contributed by atoms with van der Waals surface area (Å²) in [6.45, 7) is -0.780. The molecule has 9 heteroatoms. The molecule has 0 fully saturated rings. The zero-order valence-corrected chi connectivity index (χ0v) is 15.0. The monoisotopic (exact) mass is 398 g/mol. The van der Waals surface area contributed by atoms with Gasteiger partial charge in [0.15, 0.2) is 0 Å². The number of ether oxygens (including phenoxy) is 1. The van der Waals surface area contributed by atoms with Crippen molar-refractivity contribution in [2.24, 2.45) is 0 Å². The number of nitrogens with zero attached hydrogens (tertiary/aromatic N) is 1. The quantitative estimate of drug-likeness (QED) is 0.754. The summed E-state index contributed by atoms with van der Waals surface area (Å²) in [7, 11) is -4.02. The number of carbonyl (C=O) groups excluding carboxylic acids is 1. The number of nitriles is 1. The van der Waals surface area contributed by atoms with Crippen LogP contribution in [0.5, 0.6) is 0 Å². The Morgan fingerprint density at radius 3 is 2.40 bits per heavy atom. The molecule has 0 heterocycles. The topological polar surface area (TPSA) is 96.3 Å². The second-order valence-corrected chi connectivity index (χ2v) is 7.34. The Hall–Kier alpha value is -2.11. The van der Waals surface area contributed by atoms with Gasteiger partial charge in [-0.3, -0.25) is 4.79 Å². The molecule has 0 saturated carbocycles. The summed E-state index contributed by atoms with van der Waals surface area (Å²) in [4.78, 5) is 11.6. The molecule has 2 aromatic rings. The van der Waals surface area contributed by atoms with Crippen molar-refractivity contribution in [3.8, 4) is 6.07 Å². The van der Waals surface area contributed by atoms with Gasteiger partial charge in [0, 0.05) is 15.6 Å². The Morgan fingerprint density at radius 2 is 1.76 bits per heavy atom. The van der Waals surface area contributed by atoms with Crippen molar-refractivity contribution in [1.82, 2.24) is 4.72 Å². The van der Waals surface area contributed by atoms with Gasteiger partial charge >= 0.3 is 5.97 Å². The van der Waals surface area contributed by atoms with Gasteiger partial charge in [0.2, 0.25) is 10.0 Å². The zero-order chi connectivity index (χ0) is 18.4. The smallest absolute Gasteiger partial charge is 0.321 e. The highest BCUT2D eigenvalue weighted by Crippen LogP contribution is 2.24. The number of hydrogen-bond acceptors (Lipinski definition) is 5. The third-order valence-corrected chi connectivity index (χ3v) is 5.31. The average Bonchev–Trinajstić information content (AvgIpc) is 2.59. The van der Waals surface area contributed by atoms with Gasteiger partial charge in [-0.2, -0.15) is 9.98 Å². The summed E-state index contributed by atoms with van der Waals surface area (Å²) >= 11 is 11.9. The van der Waals surface area contributed by atoms with Crippen LogP contribution in [0.3, 0.4) is 0 Å². The lowest BCUT2D eigenvalue weighted by Crippen LogP contribution is -2.31. The Balaban J connectivity index is 1.99. The molecule has 0 aliphatic heterocycles. The van der Waals surface area contributed by atoms with Crippen LogP contribution < -0.4 is 4.72 Å². The predicted octanol–water partition coefficient (Wildman–Crippen LogP) is 2.89. The van der Waals surface area contributed by atoms with E-state index >= 15 is 0 Å². The van der Waals surface area contributed by atoms with E-state index in [4.69, 9.17) is 33.2 Å². The summed E-state index contributed by atoms with van der Waals surface area (Å²) in [6, 6.07) is 12.3. The number of sulfonamides is 1. The molecule has 2 aromatic carbocycles. The van der Waals surface area contributed by atoms with Crippen LogP contribution in [0.1, 0.15) is 11.1 Å². The van der Waals surface area contributed by atoms with E-state index in [0.717, 1.165) is 0 Å². The standard InChI is InChI=1S/C16H12Cl2N2O4S/c17-13-5-3-6-14(18)12(13)10-24-16(21)9-20-25(22,23)15-7-2-1-4-11(15)8-19/h1-7,20H,9-10H2. The number of halogens is 2. The zero-order valence-electron chi connectivity index (χ0n) is 12.7. The first-order valence-corrected chi connectivity index (χ1v) is 9.16. The highest BCUT2D eigenvalue weighted by atomic mass is 35.5. The van der Waals surface area contributed by atoms with Gasteiger partial charge < -0.3 is 4.74 Å². The summed E-state index contributed by atoms with van der Waals surface area (Å²) in [5, 5.41) is 9.64. The number of rotatable bonds is 6. The number of esters is 1. The molecule has 1 N–H and O–H groups in total. The van der Waals surface area contributed by atoms with Crippen LogP contribution >= 0.6 is 23.2 Å². The maximum atomic E-state index is 12.2. The number of hydrogen-bond donors (Lipinski definition) is 1. The fourth-order valence-electron chi connectivity index (χ4n) is 1.90. The van der Waals surface area contributed by atoms with Crippen molar-refractivity contribution in [2.45, 2.75) is 11.5 Å². The lowest BCUT2D eigenvalue weighted by molar-refractivity contribution is -0.143. The van der Waals surface area contributed by atoms with E-state index in [9.17, 15) is 13.2 Å². The van der Waals surface area contributed by atoms with Crippen LogP contribution in [-0.4, -0.2) is 20.9 Å². The number of carbonyl (C=O) groups is 1. The summed E-state index contributed by atoms with van der Waals surface area (Å²) < 4.78 is 31.4. The van der Waals surface area contributed by atoms with Crippen molar-refractivity contribution in [2.75, 3.05) is 6.54 Å². The molecule has 0 bridgehead atoms. The van der Waals surface area contributed by atoms with Crippen LogP contribution in [-0.2, 0) is 26.2 Å². The van der Waals surface area contributed by atoms with E-state index in [1.807, 2.05) is 0 Å². The lowest BCUT2D eigenvalue weighted by atomic mass is 10.2. The molecule has 0 saturated heterocycles. The first-order chi connectivity index (χ1) is 11.8. The minimum atomic E-state index is -4.02. The molecule has 0 spiro atoms. The van der Waals surface area contributed by atoms with Crippen molar-refractivity contribution in [3.63, 3.8) is 0 Å². The fraction of sp³-hybridized carbons (Fsp3) is 0.125. The minimum absolute atomic E-state index is 0.0220. The van der Waals surface area contributed by atoms with Gasteiger partial charge in [-0.05, 0) is 24.3 Å². The van der Waals surface area contributed by atoms with Crippen molar-refractivity contribution in [1.29, 1.82) is 5.26 Å². The van der Waals surface area contributed by atoms with Crippen molar-refractivity contribution in [3.05, 3.63) is 63.6 Å². The SMILES string of the molecule is N#Cc1ccccc1S(=O)(=O)NCC(=O)OCc1c(Cl)cccc1Cl. The molecule has 0 amide bonds. The van der Waals surface area contributed by atoms with E-state index in [-0.39, 0.29) is 17.1 Å². The third-order valence-electron chi connectivity index (χ3n) is 3.14. The number of benzene rings is 2. The van der Waals surface area contributed by atoms with Crippen LogP contribution in [0, 0.1) is 11.3 Å². The van der Waals surface area contributed by atoms with Gasteiger partial charge in [-0.15, -0.1) is 0 Å². The van der Waals surface area contributed by atoms with E-state index in [1.165, 1.54) is 18.2 Å². The Labute approximate surface area is 155 Å². The van der Waals surface area contributed by atoms with Gasteiger partial charge in [0.25, 0.3) is 0 Å². The lowest BCUT2D eigenvalue weighted by Gasteiger charge is -2.10. The third kappa shape index (κ3) is 4.94. The first kappa shape index (κ1) is 19.2. The molecular formula is C16H12Cl2N2O4S. The van der Waals surface area contributed by atoms with Gasteiger partial charge in [0.1, 0.15) is 19.2 Å². The summed E-state index contributed by atoms with van der Waals surface area (Å²) in [6.07, 6.45) is 0. The molecule has 130 valence electrons. The summed E-state index contributed by atoms with van der Waals surface area (Å²) in [5.74, 6) is -0.811. The molecule has 2 rings (SSSR count). The minimum Gasteiger partial charge on any atom is -0.460 e. The highest BCUT2D eigenvalue weighted by molar-refractivity contribution is 7.89. The van der Waals surface area contributed by atoms with E-state index in [0.29, 0.717) is 15.6 Å². The fourth-order valence-corrected chi connectivity index (χ4v) is 3.53. The molecule has 0 aliphatic carbocycles. The molecule has 0 atom stereocenters. The van der Waals surface area contributed by atoms with Crippen LogP contribution in [0.4, 0.5) is 0 Å². The van der Waals surface area contributed by atoms with Crippen LogP contribution in [0.25, 0.3) is 0 Å². The molecule has 0 radical (unpaired) electrons. The maximum absolute atomic E-state index is 12.2. The van der Waals surface area contributed by atoms with Crippen molar-refractivity contribution < 1.29 is 17.9 Å². The second kappa shape index (κ2) is 8.32. The first-order valence-electron chi connectivity index (χ1n) is 6.92. The summed E-state index contributed by atoms with van der Waals surface area (Å²) in [5.41, 5.74) is 0.406. The van der Waals surface area contributed by atoms with E-state index in [1.54, 1.807) is 30.3 Å². The molecular weight excluding hydrogens is 387 g/mol. The molecule has 25 heavy (non-hydrogen) atoms. The van der Waals surface area contributed by atoms with E-state index in [2.05, 4.69) is 4.72 Å². The average molecular weight is 399 g/mol. The van der Waals surface area contributed by atoms with Gasteiger partial charge in [-0.1, -0.05) is 41.4 Å². The van der Waals surface area contributed by atoms with Crippen LogP contribution in [0.15, 0.2) is 47.4 Å². The normalized spacial score (nSPS) is 10.9.